The standard InChI is InChI=1S/C14H16ClNOS/c1-14(2,3)12-8-18-13(16-12)7-9-4-5-11(17)10(15)6-9/h4-6,8,17H,7H2,1-3H3. The maximum Gasteiger partial charge on any atom is 0.134 e. The van der Waals surface area contributed by atoms with Gasteiger partial charge in [0.15, 0.2) is 0 Å². The SMILES string of the molecule is CC(C)(C)c1csc(Cc2ccc(O)c(Cl)c2)n1. The number of aromatic hydroxyl groups is 1. The van der Waals surface area contributed by atoms with E-state index in [0.29, 0.717) is 5.02 Å². The third-order valence-electron chi connectivity index (χ3n) is 2.69. The molecule has 0 aliphatic rings. The predicted octanol–water partition coefficient (Wildman–Crippen LogP) is 4.39. The molecule has 1 aromatic heterocycles. The largest absolute Gasteiger partial charge is 0.506 e. The van der Waals surface area contributed by atoms with Crippen LogP contribution in [0.5, 0.6) is 5.75 Å². The highest BCUT2D eigenvalue weighted by Gasteiger charge is 2.17. The number of benzene rings is 1. The van der Waals surface area contributed by atoms with E-state index in [1.165, 1.54) is 0 Å². The Kier molecular flexibility index (Phi) is 3.64. The molecular weight excluding hydrogens is 266 g/mol. The summed E-state index contributed by atoms with van der Waals surface area (Å²) in [5.41, 5.74) is 2.27. The number of thiazole rings is 1. The fourth-order valence-electron chi connectivity index (χ4n) is 1.57. The van der Waals surface area contributed by atoms with Crippen molar-refractivity contribution in [1.29, 1.82) is 0 Å². The number of hydrogen-bond acceptors (Lipinski definition) is 3. The number of aromatic nitrogens is 1. The van der Waals surface area contributed by atoms with Crippen molar-refractivity contribution in [2.45, 2.75) is 32.6 Å². The molecule has 0 aliphatic carbocycles. The highest BCUT2D eigenvalue weighted by molar-refractivity contribution is 7.09. The molecule has 0 spiro atoms. The molecule has 2 rings (SSSR count). The molecule has 0 saturated carbocycles. The maximum atomic E-state index is 9.38. The quantitative estimate of drug-likeness (QED) is 0.885. The summed E-state index contributed by atoms with van der Waals surface area (Å²) in [6.07, 6.45) is 0.751. The minimum absolute atomic E-state index is 0.0847. The molecule has 0 atom stereocenters. The van der Waals surface area contributed by atoms with Crippen LogP contribution in [0.4, 0.5) is 0 Å². The van der Waals surface area contributed by atoms with E-state index >= 15 is 0 Å². The van der Waals surface area contributed by atoms with Crippen molar-refractivity contribution < 1.29 is 5.11 Å². The van der Waals surface area contributed by atoms with Crippen LogP contribution in [0.15, 0.2) is 23.6 Å². The van der Waals surface area contributed by atoms with Crippen molar-refractivity contribution in [1.82, 2.24) is 4.98 Å². The maximum absolute atomic E-state index is 9.38. The van der Waals surface area contributed by atoms with Crippen molar-refractivity contribution in [3.63, 3.8) is 0 Å². The van der Waals surface area contributed by atoms with Crippen LogP contribution in [-0.4, -0.2) is 10.1 Å². The number of hydrogen-bond donors (Lipinski definition) is 1. The van der Waals surface area contributed by atoms with Gasteiger partial charge in [0.05, 0.1) is 15.7 Å². The molecule has 1 aromatic carbocycles. The molecule has 1 N–H and O–H groups in total. The van der Waals surface area contributed by atoms with Crippen LogP contribution in [0.3, 0.4) is 0 Å². The first-order valence-corrected chi connectivity index (χ1v) is 7.04. The van der Waals surface area contributed by atoms with Gasteiger partial charge in [-0.05, 0) is 17.7 Å². The fraction of sp³-hybridized carbons (Fsp3) is 0.357. The third kappa shape index (κ3) is 3.03. The monoisotopic (exact) mass is 281 g/mol. The second-order valence-electron chi connectivity index (χ2n) is 5.34. The molecule has 0 bridgehead atoms. The van der Waals surface area contributed by atoms with Gasteiger partial charge in [0.1, 0.15) is 5.75 Å². The van der Waals surface area contributed by atoms with Gasteiger partial charge in [0.25, 0.3) is 0 Å². The lowest BCUT2D eigenvalue weighted by Crippen LogP contribution is -2.11. The van der Waals surface area contributed by atoms with E-state index in [1.807, 2.05) is 6.07 Å². The zero-order valence-corrected chi connectivity index (χ0v) is 12.3. The molecule has 0 radical (unpaired) electrons. The molecule has 4 heteroatoms. The average Bonchev–Trinajstić information content (AvgIpc) is 2.72. The number of rotatable bonds is 2. The summed E-state index contributed by atoms with van der Waals surface area (Å²) in [5, 5.41) is 12.9. The van der Waals surface area contributed by atoms with Gasteiger partial charge in [0.2, 0.25) is 0 Å². The zero-order valence-electron chi connectivity index (χ0n) is 10.7. The highest BCUT2D eigenvalue weighted by Crippen LogP contribution is 2.27. The summed E-state index contributed by atoms with van der Waals surface area (Å²) in [6, 6.07) is 5.28. The Bertz CT molecular complexity index is 557. The van der Waals surface area contributed by atoms with Crippen LogP contribution in [0.25, 0.3) is 0 Å². The summed E-state index contributed by atoms with van der Waals surface area (Å²) in [5.74, 6) is 0.120. The van der Waals surface area contributed by atoms with E-state index in [9.17, 15) is 5.11 Å². The summed E-state index contributed by atoms with van der Waals surface area (Å²) in [6.45, 7) is 6.47. The first-order chi connectivity index (χ1) is 8.36. The van der Waals surface area contributed by atoms with Crippen LogP contribution in [0.2, 0.25) is 5.02 Å². The van der Waals surface area contributed by atoms with Crippen LogP contribution in [0, 0.1) is 0 Å². The number of halogens is 1. The first kappa shape index (κ1) is 13.4. The molecule has 96 valence electrons. The molecule has 0 saturated heterocycles. The topological polar surface area (TPSA) is 33.1 Å². The second-order valence-corrected chi connectivity index (χ2v) is 6.69. The lowest BCUT2D eigenvalue weighted by atomic mass is 9.93. The Morgan fingerprint density at radius 1 is 1.33 bits per heavy atom. The van der Waals surface area contributed by atoms with E-state index in [1.54, 1.807) is 23.5 Å². The van der Waals surface area contributed by atoms with E-state index in [2.05, 4.69) is 31.1 Å². The molecule has 2 aromatic rings. The van der Waals surface area contributed by atoms with Gasteiger partial charge in [-0.3, -0.25) is 0 Å². The normalized spacial score (nSPS) is 11.8. The number of nitrogens with zero attached hydrogens (tertiary/aromatic N) is 1. The first-order valence-electron chi connectivity index (χ1n) is 5.78. The molecule has 0 unspecified atom stereocenters. The Morgan fingerprint density at radius 2 is 2.06 bits per heavy atom. The average molecular weight is 282 g/mol. The van der Waals surface area contributed by atoms with Crippen LogP contribution in [0.1, 0.15) is 37.0 Å². The molecule has 1 heterocycles. The van der Waals surface area contributed by atoms with Crippen molar-refractivity contribution in [2.75, 3.05) is 0 Å². The second kappa shape index (κ2) is 4.90. The van der Waals surface area contributed by atoms with Gasteiger partial charge in [-0.15, -0.1) is 11.3 Å². The van der Waals surface area contributed by atoms with Crippen molar-refractivity contribution in [3.8, 4) is 5.75 Å². The minimum Gasteiger partial charge on any atom is -0.506 e. The van der Waals surface area contributed by atoms with E-state index in [0.717, 1.165) is 22.7 Å². The Labute approximate surface area is 116 Å². The van der Waals surface area contributed by atoms with Gasteiger partial charge in [-0.2, -0.15) is 0 Å². The predicted molar refractivity (Wildman–Crippen MR) is 76.7 cm³/mol. The van der Waals surface area contributed by atoms with E-state index in [4.69, 9.17) is 11.6 Å². The molecule has 18 heavy (non-hydrogen) atoms. The molecule has 0 aliphatic heterocycles. The summed E-state index contributed by atoms with van der Waals surface area (Å²) in [4.78, 5) is 4.64. The van der Waals surface area contributed by atoms with Crippen LogP contribution >= 0.6 is 22.9 Å². The van der Waals surface area contributed by atoms with Gasteiger partial charge in [-0.25, -0.2) is 4.98 Å². The van der Waals surface area contributed by atoms with E-state index in [-0.39, 0.29) is 11.2 Å². The van der Waals surface area contributed by atoms with Crippen LogP contribution < -0.4 is 0 Å². The van der Waals surface area contributed by atoms with Gasteiger partial charge in [0, 0.05) is 17.2 Å². The fourth-order valence-corrected chi connectivity index (χ4v) is 2.83. The van der Waals surface area contributed by atoms with Crippen molar-refractivity contribution in [2.24, 2.45) is 0 Å². The minimum atomic E-state index is 0.0847. The molecule has 2 nitrogen and oxygen atoms in total. The smallest absolute Gasteiger partial charge is 0.134 e. The molecule has 0 amide bonds. The molecular formula is C14H16ClNOS. The number of phenols is 1. The number of phenolic OH excluding ortho intramolecular Hbond substituents is 1. The summed E-state index contributed by atoms with van der Waals surface area (Å²) >= 11 is 7.56. The van der Waals surface area contributed by atoms with Crippen molar-refractivity contribution >= 4 is 22.9 Å². The van der Waals surface area contributed by atoms with E-state index < -0.39 is 0 Å². The Balaban J connectivity index is 2.19. The highest BCUT2D eigenvalue weighted by atomic mass is 35.5. The Morgan fingerprint density at radius 3 is 2.61 bits per heavy atom. The van der Waals surface area contributed by atoms with Gasteiger partial charge in [-0.1, -0.05) is 38.4 Å². The van der Waals surface area contributed by atoms with Gasteiger partial charge < -0.3 is 5.11 Å². The Hall–Kier alpha value is -1.06. The summed E-state index contributed by atoms with van der Waals surface area (Å²) < 4.78 is 0. The van der Waals surface area contributed by atoms with Gasteiger partial charge >= 0.3 is 0 Å². The third-order valence-corrected chi connectivity index (χ3v) is 3.84. The lowest BCUT2D eigenvalue weighted by Gasteiger charge is -2.14. The summed E-state index contributed by atoms with van der Waals surface area (Å²) in [7, 11) is 0. The lowest BCUT2D eigenvalue weighted by molar-refractivity contribution is 0.475. The molecule has 0 fully saturated rings. The van der Waals surface area contributed by atoms with Crippen molar-refractivity contribution in [3.05, 3.63) is 44.9 Å². The van der Waals surface area contributed by atoms with Crippen LogP contribution in [-0.2, 0) is 11.8 Å². The zero-order chi connectivity index (χ0) is 13.3.